The molecule has 0 unspecified atom stereocenters. The van der Waals surface area contributed by atoms with E-state index in [2.05, 4.69) is 5.32 Å². The summed E-state index contributed by atoms with van der Waals surface area (Å²) in [4.78, 5) is 0. The van der Waals surface area contributed by atoms with Gasteiger partial charge in [-0.15, -0.1) is 0 Å². The summed E-state index contributed by atoms with van der Waals surface area (Å²) in [6.07, 6.45) is 0. The highest BCUT2D eigenvalue weighted by Crippen LogP contribution is 2.25. The quantitative estimate of drug-likeness (QED) is 0.805. The van der Waals surface area contributed by atoms with E-state index in [1.165, 1.54) is 0 Å². The average Bonchev–Trinajstić information content (AvgIpc) is 2.49. The Morgan fingerprint density at radius 1 is 0.850 bits per heavy atom. The fraction of sp³-hybridized carbons (Fsp3) is 0. The molecule has 0 saturated carbocycles. The van der Waals surface area contributed by atoms with Gasteiger partial charge in [0.1, 0.15) is 12.1 Å². The minimum Gasteiger partial charge on any atom is -0.397 e. The Bertz CT molecular complexity index is 787. The number of hydrogen-bond donors (Lipinski definition) is 2. The lowest BCUT2D eigenvalue weighted by Gasteiger charge is -2.10. The van der Waals surface area contributed by atoms with Crippen LogP contribution >= 0.6 is 0 Å². The van der Waals surface area contributed by atoms with E-state index in [0.717, 1.165) is 0 Å². The van der Waals surface area contributed by atoms with Gasteiger partial charge in [0, 0.05) is 5.69 Å². The highest BCUT2D eigenvalue weighted by molar-refractivity contribution is 5.74. The number of nitrogen functional groups attached to an aromatic ring is 1. The van der Waals surface area contributed by atoms with Crippen LogP contribution in [-0.4, -0.2) is 0 Å². The summed E-state index contributed by atoms with van der Waals surface area (Å²) in [5.41, 5.74) is 8.66. The van der Waals surface area contributed by atoms with Gasteiger partial charge < -0.3 is 11.1 Å². The van der Waals surface area contributed by atoms with E-state index >= 15 is 0 Å². The molecule has 2 aromatic rings. The van der Waals surface area contributed by atoms with Crippen molar-refractivity contribution in [3.8, 4) is 18.2 Å². The predicted molar refractivity (Wildman–Crippen MR) is 74.7 cm³/mol. The molecule has 5 nitrogen and oxygen atoms in total. The second-order valence-electron chi connectivity index (χ2n) is 4.02. The fourth-order valence-corrected chi connectivity index (χ4v) is 1.71. The maximum absolute atomic E-state index is 8.97. The molecule has 0 spiro atoms. The van der Waals surface area contributed by atoms with Crippen molar-refractivity contribution in [1.82, 2.24) is 0 Å². The number of anilines is 3. The van der Waals surface area contributed by atoms with Crippen molar-refractivity contribution in [1.29, 1.82) is 15.8 Å². The second kappa shape index (κ2) is 5.44. The van der Waals surface area contributed by atoms with Crippen molar-refractivity contribution in [2.24, 2.45) is 0 Å². The molecular formula is C15H9N5. The van der Waals surface area contributed by atoms with Crippen LogP contribution in [0.25, 0.3) is 0 Å². The minimum absolute atomic E-state index is 0.296. The summed E-state index contributed by atoms with van der Waals surface area (Å²) < 4.78 is 0. The van der Waals surface area contributed by atoms with Crippen LogP contribution in [0, 0.1) is 34.0 Å². The van der Waals surface area contributed by atoms with Gasteiger partial charge in [0.15, 0.2) is 0 Å². The normalized spacial score (nSPS) is 9.05. The highest BCUT2D eigenvalue weighted by Gasteiger charge is 2.05. The van der Waals surface area contributed by atoms with Gasteiger partial charge in [0.25, 0.3) is 0 Å². The van der Waals surface area contributed by atoms with Crippen LogP contribution in [0.1, 0.15) is 16.7 Å². The summed E-state index contributed by atoms with van der Waals surface area (Å²) in [5.74, 6) is 0. The maximum Gasteiger partial charge on any atom is 0.101 e. The van der Waals surface area contributed by atoms with Crippen LogP contribution in [0.4, 0.5) is 17.1 Å². The SMILES string of the molecule is N#Cc1ccc(Nc2ccc(C#N)c(C#N)c2)c(N)c1. The molecule has 2 aromatic carbocycles. The molecule has 5 heteroatoms. The average molecular weight is 259 g/mol. The zero-order valence-electron chi connectivity index (χ0n) is 10.4. The Labute approximate surface area is 116 Å². The van der Waals surface area contributed by atoms with Crippen molar-refractivity contribution in [3.63, 3.8) is 0 Å². The molecule has 0 aliphatic heterocycles. The Morgan fingerprint density at radius 3 is 2.20 bits per heavy atom. The van der Waals surface area contributed by atoms with Crippen LogP contribution in [0.3, 0.4) is 0 Å². The van der Waals surface area contributed by atoms with Crippen LogP contribution in [-0.2, 0) is 0 Å². The van der Waals surface area contributed by atoms with Crippen molar-refractivity contribution >= 4 is 17.1 Å². The lowest BCUT2D eigenvalue weighted by atomic mass is 10.1. The van der Waals surface area contributed by atoms with Crippen molar-refractivity contribution in [2.45, 2.75) is 0 Å². The number of rotatable bonds is 2. The predicted octanol–water partition coefficient (Wildman–Crippen LogP) is 2.63. The van der Waals surface area contributed by atoms with Gasteiger partial charge in [-0.3, -0.25) is 0 Å². The van der Waals surface area contributed by atoms with Crippen LogP contribution in [0.2, 0.25) is 0 Å². The summed E-state index contributed by atoms with van der Waals surface area (Å²) in [5, 5.41) is 29.7. The van der Waals surface area contributed by atoms with Crippen LogP contribution < -0.4 is 11.1 Å². The molecule has 3 N–H and O–H groups in total. The Morgan fingerprint density at radius 2 is 1.60 bits per heavy atom. The van der Waals surface area contributed by atoms with E-state index in [9.17, 15) is 0 Å². The summed E-state index contributed by atoms with van der Waals surface area (Å²) in [7, 11) is 0. The van der Waals surface area contributed by atoms with Gasteiger partial charge >= 0.3 is 0 Å². The van der Waals surface area contributed by atoms with Crippen molar-refractivity contribution < 1.29 is 0 Å². The molecule has 2 rings (SSSR count). The molecule has 0 aromatic heterocycles. The largest absolute Gasteiger partial charge is 0.397 e. The Kier molecular flexibility index (Phi) is 3.52. The fourth-order valence-electron chi connectivity index (χ4n) is 1.71. The molecule has 0 amide bonds. The molecule has 0 aliphatic carbocycles. The number of nitrogens with one attached hydrogen (secondary N) is 1. The Hall–Kier alpha value is -3.49. The molecule has 0 aliphatic rings. The van der Waals surface area contributed by atoms with E-state index in [1.54, 1.807) is 36.4 Å². The number of nitrogens with two attached hydrogens (primary N) is 1. The zero-order chi connectivity index (χ0) is 14.5. The Balaban J connectivity index is 2.34. The first kappa shape index (κ1) is 13.0. The number of benzene rings is 2. The molecule has 20 heavy (non-hydrogen) atoms. The maximum atomic E-state index is 8.97. The minimum atomic E-state index is 0.296. The lowest BCUT2D eigenvalue weighted by Crippen LogP contribution is -1.97. The van der Waals surface area contributed by atoms with Gasteiger partial charge in [-0.05, 0) is 36.4 Å². The van der Waals surface area contributed by atoms with Crippen molar-refractivity contribution in [3.05, 3.63) is 53.1 Å². The molecule has 0 fully saturated rings. The van der Waals surface area contributed by atoms with Crippen molar-refractivity contribution in [2.75, 3.05) is 11.1 Å². The lowest BCUT2D eigenvalue weighted by molar-refractivity contribution is 1.42. The molecule has 0 heterocycles. The topological polar surface area (TPSA) is 109 Å². The monoisotopic (exact) mass is 259 g/mol. The van der Waals surface area contributed by atoms with Gasteiger partial charge in [-0.1, -0.05) is 0 Å². The summed E-state index contributed by atoms with van der Waals surface area (Å²) in [6, 6.07) is 15.7. The summed E-state index contributed by atoms with van der Waals surface area (Å²) >= 11 is 0. The van der Waals surface area contributed by atoms with Gasteiger partial charge in [0.2, 0.25) is 0 Å². The van der Waals surface area contributed by atoms with E-state index in [0.29, 0.717) is 33.8 Å². The highest BCUT2D eigenvalue weighted by atomic mass is 14.9. The van der Waals surface area contributed by atoms with E-state index < -0.39 is 0 Å². The molecule has 0 bridgehead atoms. The third-order valence-corrected chi connectivity index (χ3v) is 2.72. The molecule has 94 valence electrons. The van der Waals surface area contributed by atoms with Crippen LogP contribution in [0.5, 0.6) is 0 Å². The van der Waals surface area contributed by atoms with Gasteiger partial charge in [0.05, 0.1) is 34.1 Å². The summed E-state index contributed by atoms with van der Waals surface area (Å²) in [6.45, 7) is 0. The van der Waals surface area contributed by atoms with Gasteiger partial charge in [-0.2, -0.15) is 15.8 Å². The third kappa shape index (κ3) is 2.51. The van der Waals surface area contributed by atoms with Gasteiger partial charge in [-0.25, -0.2) is 0 Å². The zero-order valence-corrected chi connectivity index (χ0v) is 10.4. The number of hydrogen-bond acceptors (Lipinski definition) is 5. The van der Waals surface area contributed by atoms with Crippen LogP contribution in [0.15, 0.2) is 36.4 Å². The first-order valence-corrected chi connectivity index (χ1v) is 5.69. The standard InChI is InChI=1S/C15H9N5/c16-7-10-1-4-15(14(19)5-10)20-13-3-2-11(8-17)12(6-13)9-18/h1-6,20H,19H2. The molecule has 0 radical (unpaired) electrons. The number of nitriles is 3. The molecule has 0 atom stereocenters. The first-order chi connectivity index (χ1) is 9.67. The van der Waals surface area contributed by atoms with E-state index in [-0.39, 0.29) is 0 Å². The first-order valence-electron chi connectivity index (χ1n) is 5.69. The number of nitrogens with zero attached hydrogens (tertiary/aromatic N) is 3. The molecule has 0 saturated heterocycles. The molecular weight excluding hydrogens is 250 g/mol. The van der Waals surface area contributed by atoms with E-state index in [1.807, 2.05) is 18.2 Å². The van der Waals surface area contributed by atoms with E-state index in [4.69, 9.17) is 21.5 Å². The second-order valence-corrected chi connectivity index (χ2v) is 4.02. The smallest absolute Gasteiger partial charge is 0.101 e. The third-order valence-electron chi connectivity index (χ3n) is 2.72.